The molecule has 15 heteroatoms. The molecular weight excluding hydrogens is 590 g/mol. The Kier molecular flexibility index (Phi) is 9.32. The summed E-state index contributed by atoms with van der Waals surface area (Å²) in [7, 11) is 1.01. The van der Waals surface area contributed by atoms with Crippen molar-refractivity contribution in [2.75, 3.05) is 56.6 Å². The first-order valence-electron chi connectivity index (χ1n) is 14.0. The average Bonchev–Trinajstić information content (AvgIpc) is 3.56. The number of thiazole rings is 1. The molecule has 2 fully saturated rings. The molecule has 232 valence electrons. The number of benzene rings is 1. The van der Waals surface area contributed by atoms with E-state index in [1.54, 1.807) is 6.07 Å². The van der Waals surface area contributed by atoms with Crippen molar-refractivity contribution in [1.29, 1.82) is 0 Å². The number of piperazine rings is 1. The average molecular weight is 624 g/mol. The third-order valence-electron chi connectivity index (χ3n) is 7.79. The van der Waals surface area contributed by atoms with E-state index in [2.05, 4.69) is 41.9 Å². The maximum absolute atomic E-state index is 14.9. The summed E-state index contributed by atoms with van der Waals surface area (Å²) in [5, 5.41) is 12.5. The predicted octanol–water partition coefficient (Wildman–Crippen LogP) is 5.09. The molecule has 0 bridgehead atoms. The van der Waals surface area contributed by atoms with Gasteiger partial charge in [0.05, 0.1) is 19.2 Å². The number of ether oxygens (including phenoxy) is 1. The van der Waals surface area contributed by atoms with Crippen molar-refractivity contribution in [2.45, 2.75) is 44.9 Å². The first-order valence-corrected chi connectivity index (χ1v) is 14.8. The summed E-state index contributed by atoms with van der Waals surface area (Å²) in [6, 6.07) is 3.99. The van der Waals surface area contributed by atoms with E-state index in [1.165, 1.54) is 17.7 Å². The van der Waals surface area contributed by atoms with Crippen LogP contribution in [0, 0.1) is 5.82 Å². The first kappa shape index (κ1) is 30.9. The number of nitrogens with one attached hydrogen (secondary N) is 1. The van der Waals surface area contributed by atoms with Gasteiger partial charge >= 0.3 is 12.1 Å². The van der Waals surface area contributed by atoms with Gasteiger partial charge in [-0.3, -0.25) is 14.6 Å². The van der Waals surface area contributed by atoms with Gasteiger partial charge in [-0.2, -0.15) is 13.2 Å². The molecule has 0 spiro atoms. The highest BCUT2D eigenvalue weighted by molar-refractivity contribution is 7.16. The molecular formula is C28H33F4N7O3S. The fraction of sp³-hybridized carbons (Fsp3) is 0.500. The fourth-order valence-electron chi connectivity index (χ4n) is 5.45. The molecule has 2 aromatic heterocycles. The van der Waals surface area contributed by atoms with Crippen LogP contribution in [0.25, 0.3) is 11.3 Å². The van der Waals surface area contributed by atoms with Gasteiger partial charge in [0.2, 0.25) is 0 Å². The van der Waals surface area contributed by atoms with Crippen LogP contribution in [0.3, 0.4) is 0 Å². The van der Waals surface area contributed by atoms with Crippen LogP contribution in [0.15, 0.2) is 24.5 Å². The molecule has 3 aromatic rings. The predicted molar refractivity (Wildman–Crippen MR) is 154 cm³/mol. The van der Waals surface area contributed by atoms with E-state index in [-0.39, 0.29) is 17.7 Å². The third kappa shape index (κ3) is 7.33. The lowest BCUT2D eigenvalue weighted by Crippen LogP contribution is -2.47. The van der Waals surface area contributed by atoms with Gasteiger partial charge in [-0.1, -0.05) is 11.3 Å². The summed E-state index contributed by atoms with van der Waals surface area (Å²) in [4.78, 5) is 31.3. The summed E-state index contributed by atoms with van der Waals surface area (Å²) < 4.78 is 61.1. The lowest BCUT2D eigenvalue weighted by atomic mass is 10.0. The minimum Gasteiger partial charge on any atom is -0.493 e. The van der Waals surface area contributed by atoms with Gasteiger partial charge in [0.1, 0.15) is 23.5 Å². The van der Waals surface area contributed by atoms with Gasteiger partial charge in [0, 0.05) is 61.8 Å². The molecule has 0 saturated carbocycles. The summed E-state index contributed by atoms with van der Waals surface area (Å²) in [6.07, 6.45) is -1.26. The number of aliphatic carboxylic acids is 1. The second-order valence-electron chi connectivity index (χ2n) is 10.6. The zero-order valence-corrected chi connectivity index (χ0v) is 24.6. The van der Waals surface area contributed by atoms with Gasteiger partial charge in [-0.15, -0.1) is 0 Å². The molecule has 0 aliphatic carbocycles. The number of hydrogen-bond donors (Lipinski definition) is 2. The fourth-order valence-corrected chi connectivity index (χ4v) is 6.47. The summed E-state index contributed by atoms with van der Waals surface area (Å²) >= 11 is 1.29. The standard InChI is InChI=1S/C28H33F4N7O3S/c1-17-4-3-6-39(17)15-21-25(18-12-19(28(30,31)32)26(42-2)20(29)13-18)36-27(43-21)35-22-14-23(34-16-33-22)38-10-8-37(9-11-38)7-5-24(40)41/h12-14,16-17H,3-11,15H2,1-2H3,(H,40,41)(H,33,34,35,36)/t17-/m1/s1. The highest BCUT2D eigenvalue weighted by atomic mass is 32.1. The Balaban J connectivity index is 1.40. The van der Waals surface area contributed by atoms with Crippen molar-refractivity contribution in [2.24, 2.45) is 0 Å². The highest BCUT2D eigenvalue weighted by Gasteiger charge is 2.37. The van der Waals surface area contributed by atoms with Gasteiger partial charge in [0.25, 0.3) is 0 Å². The molecule has 2 aliphatic heterocycles. The molecule has 5 rings (SSSR count). The molecule has 4 heterocycles. The van der Waals surface area contributed by atoms with Crippen LogP contribution in [-0.2, 0) is 17.5 Å². The SMILES string of the molecule is COc1c(F)cc(-c2nc(Nc3cc(N4CCN(CCC(=O)O)CC4)ncn3)sc2CN2CCC[C@H]2C)cc1C(F)(F)F. The number of halogens is 4. The molecule has 0 unspecified atom stereocenters. The number of rotatable bonds is 10. The Bertz CT molecular complexity index is 1450. The second-order valence-corrected chi connectivity index (χ2v) is 11.7. The number of carboxylic acids is 1. The lowest BCUT2D eigenvalue weighted by Gasteiger charge is -2.35. The highest BCUT2D eigenvalue weighted by Crippen LogP contribution is 2.42. The van der Waals surface area contributed by atoms with E-state index in [0.717, 1.165) is 38.6 Å². The maximum atomic E-state index is 14.9. The number of carboxylic acid groups (broad SMARTS) is 1. The Hall–Kier alpha value is -3.56. The molecule has 43 heavy (non-hydrogen) atoms. The second kappa shape index (κ2) is 13.0. The van der Waals surface area contributed by atoms with Crippen LogP contribution >= 0.6 is 11.3 Å². The van der Waals surface area contributed by atoms with Crippen molar-refractivity contribution < 1.29 is 32.2 Å². The first-order chi connectivity index (χ1) is 20.5. The van der Waals surface area contributed by atoms with Gasteiger partial charge in [0.15, 0.2) is 16.7 Å². The van der Waals surface area contributed by atoms with Crippen LogP contribution < -0.4 is 15.0 Å². The van der Waals surface area contributed by atoms with Crippen LogP contribution in [0.4, 0.5) is 34.3 Å². The smallest absolute Gasteiger partial charge is 0.420 e. The van der Waals surface area contributed by atoms with Crippen molar-refractivity contribution >= 4 is 34.1 Å². The normalized spacial score (nSPS) is 18.3. The minimum absolute atomic E-state index is 0.0147. The van der Waals surface area contributed by atoms with Crippen molar-refractivity contribution in [3.05, 3.63) is 40.8 Å². The van der Waals surface area contributed by atoms with Gasteiger partial charge in [-0.25, -0.2) is 19.3 Å². The van der Waals surface area contributed by atoms with E-state index >= 15 is 0 Å². The number of likely N-dealkylation sites (tertiary alicyclic amines) is 1. The quantitative estimate of drug-likeness (QED) is 0.297. The van der Waals surface area contributed by atoms with Crippen LogP contribution in [-0.4, -0.2) is 88.2 Å². The van der Waals surface area contributed by atoms with E-state index in [1.807, 2.05) is 0 Å². The van der Waals surface area contributed by atoms with Crippen molar-refractivity contribution in [1.82, 2.24) is 24.8 Å². The summed E-state index contributed by atoms with van der Waals surface area (Å²) in [5.74, 6) is -1.65. The van der Waals surface area contributed by atoms with Crippen LogP contribution in [0.2, 0.25) is 0 Å². The summed E-state index contributed by atoms with van der Waals surface area (Å²) in [5.41, 5.74) is -0.914. The Labute approximate surface area is 250 Å². The minimum atomic E-state index is -4.82. The largest absolute Gasteiger partial charge is 0.493 e. The van der Waals surface area contributed by atoms with Crippen LogP contribution in [0.1, 0.15) is 36.6 Å². The number of alkyl halides is 3. The molecule has 1 atom stereocenters. The molecule has 1 aromatic carbocycles. The third-order valence-corrected chi connectivity index (χ3v) is 8.74. The summed E-state index contributed by atoms with van der Waals surface area (Å²) in [6.45, 7) is 6.65. The van der Waals surface area contributed by atoms with Crippen molar-refractivity contribution in [3.8, 4) is 17.0 Å². The molecule has 2 N–H and O–H groups in total. The molecule has 0 radical (unpaired) electrons. The Morgan fingerprint density at radius 1 is 1.16 bits per heavy atom. The lowest BCUT2D eigenvalue weighted by molar-refractivity contribution is -0.139. The van der Waals surface area contributed by atoms with E-state index in [0.29, 0.717) is 67.0 Å². The molecule has 0 amide bonds. The zero-order chi connectivity index (χ0) is 30.7. The Morgan fingerprint density at radius 3 is 2.58 bits per heavy atom. The number of nitrogens with zero attached hydrogens (tertiary/aromatic N) is 6. The van der Waals surface area contributed by atoms with E-state index < -0.39 is 29.3 Å². The molecule has 2 aliphatic rings. The number of aromatic nitrogens is 3. The molecule has 2 saturated heterocycles. The van der Waals surface area contributed by atoms with E-state index in [4.69, 9.17) is 9.84 Å². The topological polar surface area (TPSA) is 107 Å². The molecule has 10 nitrogen and oxygen atoms in total. The Morgan fingerprint density at radius 2 is 1.93 bits per heavy atom. The monoisotopic (exact) mass is 623 g/mol. The number of methoxy groups -OCH3 is 1. The number of anilines is 3. The zero-order valence-electron chi connectivity index (χ0n) is 23.8. The van der Waals surface area contributed by atoms with Gasteiger partial charge < -0.3 is 20.1 Å². The van der Waals surface area contributed by atoms with Gasteiger partial charge in [-0.05, 0) is 38.4 Å². The van der Waals surface area contributed by atoms with Crippen LogP contribution in [0.5, 0.6) is 5.75 Å². The maximum Gasteiger partial charge on any atom is 0.420 e. The van der Waals surface area contributed by atoms with E-state index in [9.17, 15) is 22.4 Å². The number of carbonyl (C=O) groups is 1. The van der Waals surface area contributed by atoms with Crippen molar-refractivity contribution in [3.63, 3.8) is 0 Å². The number of hydrogen-bond acceptors (Lipinski definition) is 10.